The maximum Gasteiger partial charge on any atom is 0.316 e. The summed E-state index contributed by atoms with van der Waals surface area (Å²) in [4.78, 5) is 19.5. The molecular weight excluding hydrogens is 292 g/mol. The van der Waals surface area contributed by atoms with Crippen LogP contribution in [0.15, 0.2) is 36.7 Å². The Hall–Kier alpha value is -2.83. The van der Waals surface area contributed by atoms with E-state index in [1.807, 2.05) is 0 Å². The van der Waals surface area contributed by atoms with E-state index in [0.717, 1.165) is 24.3 Å². The number of hydrogen-bond donors (Lipinski definition) is 1. The zero-order chi connectivity index (χ0) is 15.9. The number of nitrogens with one attached hydrogen (secondary N) is 1. The number of halogens is 2. The van der Waals surface area contributed by atoms with Gasteiger partial charge in [-0.3, -0.25) is 4.79 Å². The first-order valence-electron chi connectivity index (χ1n) is 6.47. The van der Waals surface area contributed by atoms with Crippen LogP contribution in [0.3, 0.4) is 0 Å². The van der Waals surface area contributed by atoms with E-state index >= 15 is 0 Å². The number of benzene rings is 1. The van der Waals surface area contributed by atoms with Gasteiger partial charge >= 0.3 is 6.01 Å². The number of amides is 1. The van der Waals surface area contributed by atoms with Gasteiger partial charge in [-0.25, -0.2) is 18.7 Å². The molecule has 5 nitrogen and oxygen atoms in total. The van der Waals surface area contributed by atoms with E-state index < -0.39 is 17.5 Å². The van der Waals surface area contributed by atoms with Crippen molar-refractivity contribution >= 4 is 17.7 Å². The summed E-state index contributed by atoms with van der Waals surface area (Å²) in [6.07, 6.45) is 5.04. The van der Waals surface area contributed by atoms with E-state index in [2.05, 4.69) is 15.3 Å². The lowest BCUT2D eigenvalue weighted by atomic mass is 10.2. The molecule has 1 amide bonds. The van der Waals surface area contributed by atoms with E-state index in [0.29, 0.717) is 12.3 Å². The summed E-state index contributed by atoms with van der Waals surface area (Å²) in [5.74, 6) is -1.72. The van der Waals surface area contributed by atoms with Crippen LogP contribution in [0.5, 0.6) is 6.01 Å². The molecule has 0 aliphatic heterocycles. The first-order chi connectivity index (χ1) is 10.6. The van der Waals surface area contributed by atoms with Crippen LogP contribution in [0.4, 0.5) is 14.5 Å². The number of anilines is 1. The van der Waals surface area contributed by atoms with Crippen molar-refractivity contribution in [2.24, 2.45) is 0 Å². The summed E-state index contributed by atoms with van der Waals surface area (Å²) in [6.45, 7) is 2.24. The zero-order valence-electron chi connectivity index (χ0n) is 11.7. The fourth-order valence-corrected chi connectivity index (χ4v) is 1.58. The van der Waals surface area contributed by atoms with Crippen molar-refractivity contribution in [1.29, 1.82) is 0 Å². The smallest absolute Gasteiger partial charge is 0.316 e. The van der Waals surface area contributed by atoms with Gasteiger partial charge in [-0.05, 0) is 31.2 Å². The molecule has 1 aromatic heterocycles. The second-order valence-corrected chi connectivity index (χ2v) is 4.18. The van der Waals surface area contributed by atoms with Crippen molar-refractivity contribution in [2.75, 3.05) is 11.9 Å². The maximum atomic E-state index is 13.4. The Labute approximate surface area is 125 Å². The maximum absolute atomic E-state index is 13.4. The minimum Gasteiger partial charge on any atom is -0.464 e. The van der Waals surface area contributed by atoms with E-state index in [9.17, 15) is 13.6 Å². The Balaban J connectivity index is 2.00. The summed E-state index contributed by atoms with van der Waals surface area (Å²) in [5, 5.41) is 2.49. The van der Waals surface area contributed by atoms with Crippen molar-refractivity contribution in [3.05, 3.63) is 53.9 Å². The van der Waals surface area contributed by atoms with Gasteiger partial charge in [-0.15, -0.1) is 0 Å². The molecule has 0 saturated heterocycles. The summed E-state index contributed by atoms with van der Waals surface area (Å²) < 4.78 is 31.4. The molecule has 1 aromatic carbocycles. The molecule has 22 heavy (non-hydrogen) atoms. The number of hydrogen-bond acceptors (Lipinski definition) is 4. The average Bonchev–Trinajstić information content (AvgIpc) is 2.50. The fourth-order valence-electron chi connectivity index (χ4n) is 1.58. The van der Waals surface area contributed by atoms with E-state index in [1.54, 1.807) is 6.92 Å². The highest BCUT2D eigenvalue weighted by Crippen LogP contribution is 2.12. The predicted octanol–water partition coefficient (Wildman–Crippen LogP) is 2.81. The van der Waals surface area contributed by atoms with Crippen molar-refractivity contribution in [3.8, 4) is 6.01 Å². The van der Waals surface area contributed by atoms with Gasteiger partial charge in [0.05, 0.1) is 24.7 Å². The number of rotatable bonds is 5. The summed E-state index contributed by atoms with van der Waals surface area (Å²) in [6, 6.07) is 3.20. The average molecular weight is 305 g/mol. The lowest BCUT2D eigenvalue weighted by molar-refractivity contribution is -0.111. The van der Waals surface area contributed by atoms with Crippen LogP contribution in [-0.4, -0.2) is 22.5 Å². The van der Waals surface area contributed by atoms with Crippen LogP contribution in [0, 0.1) is 11.6 Å². The van der Waals surface area contributed by atoms with Gasteiger partial charge in [0.2, 0.25) is 5.91 Å². The monoisotopic (exact) mass is 305 g/mol. The lowest BCUT2D eigenvalue weighted by Crippen LogP contribution is -2.09. The van der Waals surface area contributed by atoms with Crippen molar-refractivity contribution in [2.45, 2.75) is 6.92 Å². The van der Waals surface area contributed by atoms with Gasteiger partial charge in [0.25, 0.3) is 0 Å². The van der Waals surface area contributed by atoms with E-state index in [-0.39, 0.29) is 11.6 Å². The molecule has 0 aliphatic rings. The Bertz CT molecular complexity index is 688. The summed E-state index contributed by atoms with van der Waals surface area (Å²) in [5.41, 5.74) is 0.343. The van der Waals surface area contributed by atoms with Crippen LogP contribution in [0.2, 0.25) is 0 Å². The predicted molar refractivity (Wildman–Crippen MR) is 77.2 cm³/mol. The van der Waals surface area contributed by atoms with Gasteiger partial charge in [0, 0.05) is 11.6 Å². The molecule has 0 bridgehead atoms. The number of aromatic nitrogens is 2. The van der Waals surface area contributed by atoms with E-state index in [1.165, 1.54) is 18.5 Å². The fraction of sp³-hybridized carbons (Fsp3) is 0.133. The SMILES string of the molecule is CCOc1ncc(NC(=O)/C=C/c2cc(F)ccc2F)cn1. The van der Waals surface area contributed by atoms with Crippen molar-refractivity contribution in [3.63, 3.8) is 0 Å². The molecule has 0 atom stereocenters. The molecule has 0 spiro atoms. The first-order valence-corrected chi connectivity index (χ1v) is 6.47. The highest BCUT2D eigenvalue weighted by molar-refractivity contribution is 6.01. The minimum absolute atomic E-state index is 0.0157. The largest absolute Gasteiger partial charge is 0.464 e. The quantitative estimate of drug-likeness (QED) is 0.863. The summed E-state index contributed by atoms with van der Waals surface area (Å²) >= 11 is 0. The summed E-state index contributed by atoms with van der Waals surface area (Å²) in [7, 11) is 0. The molecule has 2 rings (SSSR count). The number of carbonyl (C=O) groups excluding carboxylic acids is 1. The van der Waals surface area contributed by atoms with Crippen LogP contribution in [-0.2, 0) is 4.79 Å². The van der Waals surface area contributed by atoms with Gasteiger partial charge in [0.15, 0.2) is 0 Å². The van der Waals surface area contributed by atoms with Crippen LogP contribution in [0.1, 0.15) is 12.5 Å². The third kappa shape index (κ3) is 4.34. The zero-order valence-corrected chi connectivity index (χ0v) is 11.7. The lowest BCUT2D eigenvalue weighted by Gasteiger charge is -2.03. The molecule has 0 aliphatic carbocycles. The molecule has 1 N–H and O–H groups in total. The molecular formula is C15H13F2N3O2. The van der Waals surface area contributed by atoms with Crippen LogP contribution < -0.4 is 10.1 Å². The minimum atomic E-state index is -0.616. The Morgan fingerprint density at radius 3 is 2.73 bits per heavy atom. The normalized spacial score (nSPS) is 10.7. The highest BCUT2D eigenvalue weighted by atomic mass is 19.1. The molecule has 0 unspecified atom stereocenters. The molecule has 114 valence electrons. The third-order valence-electron chi connectivity index (χ3n) is 2.54. The van der Waals surface area contributed by atoms with Gasteiger partial charge < -0.3 is 10.1 Å². The molecule has 7 heteroatoms. The Morgan fingerprint density at radius 2 is 2.05 bits per heavy atom. The third-order valence-corrected chi connectivity index (χ3v) is 2.54. The second-order valence-electron chi connectivity index (χ2n) is 4.18. The van der Waals surface area contributed by atoms with E-state index in [4.69, 9.17) is 4.74 Å². The van der Waals surface area contributed by atoms with Gasteiger partial charge in [-0.2, -0.15) is 0 Å². The van der Waals surface area contributed by atoms with Crippen molar-refractivity contribution < 1.29 is 18.3 Å². The first kappa shape index (κ1) is 15.6. The topological polar surface area (TPSA) is 64.1 Å². The van der Waals surface area contributed by atoms with Crippen molar-refractivity contribution in [1.82, 2.24) is 9.97 Å². The van der Waals surface area contributed by atoms with Crippen LogP contribution in [0.25, 0.3) is 6.08 Å². The highest BCUT2D eigenvalue weighted by Gasteiger charge is 2.03. The molecule has 0 fully saturated rings. The molecule has 0 saturated carbocycles. The Morgan fingerprint density at radius 1 is 1.32 bits per heavy atom. The molecule has 1 heterocycles. The van der Waals surface area contributed by atoms with Gasteiger partial charge in [0.1, 0.15) is 11.6 Å². The van der Waals surface area contributed by atoms with Gasteiger partial charge in [-0.1, -0.05) is 0 Å². The van der Waals surface area contributed by atoms with Crippen LogP contribution >= 0.6 is 0 Å². The molecule has 2 aromatic rings. The second kappa shape index (κ2) is 7.26. The number of ether oxygens (including phenoxy) is 1. The molecule has 0 radical (unpaired) electrons. The standard InChI is InChI=1S/C15H13F2N3O2/c1-2-22-15-18-8-12(9-19-15)20-14(21)6-3-10-7-11(16)4-5-13(10)17/h3-9H,2H2,1H3,(H,20,21)/b6-3+. The number of carbonyl (C=O) groups is 1. The Kier molecular flexibility index (Phi) is 5.13. The number of nitrogens with zero attached hydrogens (tertiary/aromatic N) is 2.